The first kappa shape index (κ1) is 14.8. The normalized spacial score (nSPS) is 38.9. The smallest absolute Gasteiger partial charge is 0.174 e. The molecule has 0 N–H and O–H groups in total. The van der Waals surface area contributed by atoms with E-state index in [4.69, 9.17) is 4.74 Å². The van der Waals surface area contributed by atoms with E-state index in [1.165, 1.54) is 42.5 Å². The highest BCUT2D eigenvalue weighted by molar-refractivity contribution is 5.89. The van der Waals surface area contributed by atoms with E-state index in [1.807, 2.05) is 0 Å². The van der Waals surface area contributed by atoms with Gasteiger partial charge in [-0.2, -0.15) is 0 Å². The van der Waals surface area contributed by atoms with Crippen molar-refractivity contribution in [3.05, 3.63) is 28.8 Å². The molecule has 25 heavy (non-hydrogen) atoms. The van der Waals surface area contributed by atoms with Crippen LogP contribution < -0.4 is 4.74 Å². The van der Waals surface area contributed by atoms with Gasteiger partial charge in [-0.3, -0.25) is 9.69 Å². The SMILES string of the molecule is Cc1ccc2c3c1O[C@@H]1C(=O)CC[C@@H]4[C@H](C2)N(CC2CCC2)CC[C@@]314. The Labute approximate surface area is 149 Å². The number of likely N-dealkylation sites (tertiary alicyclic amines) is 1. The maximum absolute atomic E-state index is 12.8. The molecule has 3 aliphatic carbocycles. The number of carbonyl (C=O) groups is 1. The number of rotatable bonds is 2. The van der Waals surface area contributed by atoms with E-state index in [0.717, 1.165) is 37.5 Å². The Hall–Kier alpha value is -1.35. The highest BCUT2D eigenvalue weighted by Crippen LogP contribution is 2.62. The second kappa shape index (κ2) is 4.88. The van der Waals surface area contributed by atoms with Gasteiger partial charge in [-0.1, -0.05) is 18.6 Å². The molecule has 132 valence electrons. The van der Waals surface area contributed by atoms with Crippen molar-refractivity contribution >= 4 is 5.78 Å². The summed E-state index contributed by atoms with van der Waals surface area (Å²) in [6.45, 7) is 4.57. The molecule has 3 heteroatoms. The molecule has 1 aromatic carbocycles. The predicted molar refractivity (Wildman–Crippen MR) is 96.0 cm³/mol. The lowest BCUT2D eigenvalue weighted by Crippen LogP contribution is -2.66. The van der Waals surface area contributed by atoms with Gasteiger partial charge in [0, 0.05) is 30.0 Å². The molecule has 0 amide bonds. The molecular weight excluding hydrogens is 310 g/mol. The largest absolute Gasteiger partial charge is 0.481 e. The maximum atomic E-state index is 12.8. The van der Waals surface area contributed by atoms with E-state index in [0.29, 0.717) is 24.2 Å². The van der Waals surface area contributed by atoms with Gasteiger partial charge in [-0.15, -0.1) is 0 Å². The van der Waals surface area contributed by atoms with Crippen LogP contribution in [0.2, 0.25) is 0 Å². The molecule has 0 aromatic heterocycles. The van der Waals surface area contributed by atoms with E-state index in [9.17, 15) is 4.79 Å². The van der Waals surface area contributed by atoms with Gasteiger partial charge < -0.3 is 4.74 Å². The summed E-state index contributed by atoms with van der Waals surface area (Å²) in [5.41, 5.74) is 4.11. The van der Waals surface area contributed by atoms with Gasteiger partial charge in [0.25, 0.3) is 0 Å². The minimum atomic E-state index is -0.199. The van der Waals surface area contributed by atoms with Crippen LogP contribution in [0.1, 0.15) is 55.2 Å². The number of nitrogens with zero attached hydrogens (tertiary/aromatic N) is 1. The fraction of sp³-hybridized carbons (Fsp3) is 0.682. The minimum absolute atomic E-state index is 0.00888. The number of Topliss-reactive ketones (excluding diaryl/α,β-unsaturated/α-hetero) is 1. The number of hydrogen-bond donors (Lipinski definition) is 0. The lowest BCUT2D eigenvalue weighted by atomic mass is 9.51. The van der Waals surface area contributed by atoms with Gasteiger partial charge in [0.2, 0.25) is 0 Å². The maximum Gasteiger partial charge on any atom is 0.174 e. The van der Waals surface area contributed by atoms with Crippen LogP contribution >= 0.6 is 0 Å². The quantitative estimate of drug-likeness (QED) is 0.828. The number of hydrogen-bond acceptors (Lipinski definition) is 3. The van der Waals surface area contributed by atoms with Crippen molar-refractivity contribution in [2.75, 3.05) is 13.1 Å². The van der Waals surface area contributed by atoms with Crippen LogP contribution in [0.25, 0.3) is 0 Å². The zero-order chi connectivity index (χ0) is 16.8. The van der Waals surface area contributed by atoms with E-state index < -0.39 is 0 Å². The van der Waals surface area contributed by atoms with Gasteiger partial charge in [0.15, 0.2) is 11.9 Å². The Morgan fingerprint density at radius 3 is 2.96 bits per heavy atom. The van der Waals surface area contributed by atoms with Crippen LogP contribution in [0.5, 0.6) is 5.75 Å². The Morgan fingerprint density at radius 2 is 2.16 bits per heavy atom. The predicted octanol–water partition coefficient (Wildman–Crippen LogP) is 3.40. The van der Waals surface area contributed by atoms with Gasteiger partial charge in [-0.05, 0) is 68.5 Å². The Kier molecular flexibility index (Phi) is 2.88. The first-order chi connectivity index (χ1) is 12.2. The molecule has 1 spiro atoms. The molecule has 0 unspecified atom stereocenters. The molecule has 3 nitrogen and oxygen atoms in total. The highest BCUT2D eigenvalue weighted by Gasteiger charge is 2.65. The number of benzene rings is 1. The van der Waals surface area contributed by atoms with Crippen molar-refractivity contribution in [3.8, 4) is 5.75 Å². The van der Waals surface area contributed by atoms with Gasteiger partial charge in [-0.25, -0.2) is 0 Å². The first-order valence-corrected chi connectivity index (χ1v) is 10.2. The molecule has 1 saturated heterocycles. The van der Waals surface area contributed by atoms with E-state index in [1.54, 1.807) is 0 Å². The van der Waals surface area contributed by atoms with Crippen LogP contribution in [0.3, 0.4) is 0 Å². The third kappa shape index (κ3) is 1.73. The van der Waals surface area contributed by atoms with Gasteiger partial charge >= 0.3 is 0 Å². The minimum Gasteiger partial charge on any atom is -0.481 e. The van der Waals surface area contributed by atoms with Crippen molar-refractivity contribution in [1.29, 1.82) is 0 Å². The second-order valence-corrected chi connectivity index (χ2v) is 9.21. The summed E-state index contributed by atoms with van der Waals surface area (Å²) in [5.74, 6) is 2.95. The molecule has 2 saturated carbocycles. The molecule has 2 bridgehead atoms. The summed E-state index contributed by atoms with van der Waals surface area (Å²) in [7, 11) is 0. The highest BCUT2D eigenvalue weighted by atomic mass is 16.5. The van der Waals surface area contributed by atoms with Gasteiger partial charge in [0.1, 0.15) is 5.75 Å². The average molecular weight is 337 g/mol. The molecule has 5 aliphatic rings. The molecule has 6 rings (SSSR count). The number of ketones is 1. The summed E-state index contributed by atoms with van der Waals surface area (Å²) < 4.78 is 6.40. The molecular formula is C22H27NO2. The first-order valence-electron chi connectivity index (χ1n) is 10.2. The Morgan fingerprint density at radius 1 is 1.28 bits per heavy atom. The third-order valence-electron chi connectivity index (χ3n) is 8.16. The number of ether oxygens (including phenoxy) is 1. The molecule has 2 aliphatic heterocycles. The van der Waals surface area contributed by atoms with Crippen LogP contribution in [-0.4, -0.2) is 35.9 Å². The molecule has 2 heterocycles. The monoisotopic (exact) mass is 337 g/mol. The van der Waals surface area contributed by atoms with Crippen LogP contribution in [0.15, 0.2) is 12.1 Å². The van der Waals surface area contributed by atoms with Crippen LogP contribution in [0, 0.1) is 18.8 Å². The molecule has 0 radical (unpaired) electrons. The summed E-state index contributed by atoms with van der Waals surface area (Å²) in [6, 6.07) is 5.16. The number of aryl methyl sites for hydroxylation is 1. The summed E-state index contributed by atoms with van der Waals surface area (Å²) >= 11 is 0. The van der Waals surface area contributed by atoms with Crippen molar-refractivity contribution < 1.29 is 9.53 Å². The van der Waals surface area contributed by atoms with Crippen molar-refractivity contribution in [2.24, 2.45) is 11.8 Å². The van der Waals surface area contributed by atoms with Crippen molar-refractivity contribution in [1.82, 2.24) is 4.90 Å². The third-order valence-corrected chi connectivity index (χ3v) is 8.16. The van der Waals surface area contributed by atoms with Crippen LogP contribution in [0.4, 0.5) is 0 Å². The van der Waals surface area contributed by atoms with E-state index >= 15 is 0 Å². The Bertz CT molecular complexity index is 768. The Balaban J connectivity index is 1.49. The standard InChI is InChI=1S/C22H27NO2/c1-13-5-6-15-11-17-16-7-8-18(24)21-22(16,19(15)20(13)25-21)9-10-23(17)12-14-3-2-4-14/h5-6,14,16-17,21H,2-4,7-12H2,1H3/t16-,17+,21-,22-/m1/s1. The zero-order valence-electron chi connectivity index (χ0n) is 15.1. The second-order valence-electron chi connectivity index (χ2n) is 9.21. The summed E-state index contributed by atoms with van der Waals surface area (Å²) in [4.78, 5) is 15.6. The summed E-state index contributed by atoms with van der Waals surface area (Å²) in [5, 5.41) is 0. The zero-order valence-corrected chi connectivity index (χ0v) is 15.1. The van der Waals surface area contributed by atoms with Crippen molar-refractivity contribution in [3.63, 3.8) is 0 Å². The van der Waals surface area contributed by atoms with E-state index in [2.05, 4.69) is 24.0 Å². The topological polar surface area (TPSA) is 29.5 Å². The van der Waals surface area contributed by atoms with E-state index in [-0.39, 0.29) is 11.5 Å². The molecule has 3 fully saturated rings. The fourth-order valence-electron chi connectivity index (χ4n) is 6.79. The number of piperidine rings is 1. The molecule has 1 aromatic rings. The molecule has 4 atom stereocenters. The van der Waals surface area contributed by atoms with Crippen LogP contribution in [-0.2, 0) is 16.6 Å². The number of carbonyl (C=O) groups excluding carboxylic acids is 1. The van der Waals surface area contributed by atoms with Gasteiger partial charge in [0.05, 0.1) is 0 Å². The average Bonchev–Trinajstić information content (AvgIpc) is 2.92. The van der Waals surface area contributed by atoms with Crippen molar-refractivity contribution in [2.45, 2.75) is 69.4 Å². The lowest BCUT2D eigenvalue weighted by Gasteiger charge is -2.58. The fourth-order valence-corrected chi connectivity index (χ4v) is 6.79. The lowest BCUT2D eigenvalue weighted by molar-refractivity contribution is -0.139. The summed E-state index contributed by atoms with van der Waals surface area (Å²) in [6.07, 6.45) is 8.12.